The lowest BCUT2D eigenvalue weighted by Crippen LogP contribution is -2.40. The number of hydrogen-bond donors (Lipinski definition) is 1. The van der Waals surface area contributed by atoms with Gasteiger partial charge in [0.2, 0.25) is 5.91 Å². The number of aryl methyl sites for hydroxylation is 1. The molecular weight excluding hydrogens is 480 g/mol. The van der Waals surface area contributed by atoms with Gasteiger partial charge < -0.3 is 14.8 Å². The number of fused-ring (bicyclic) bond motifs is 1. The Bertz CT molecular complexity index is 1100. The van der Waals surface area contributed by atoms with Crippen LogP contribution in [-0.2, 0) is 17.8 Å². The summed E-state index contributed by atoms with van der Waals surface area (Å²) in [4.78, 5) is 32.2. The van der Waals surface area contributed by atoms with Gasteiger partial charge >= 0.3 is 0 Å². The number of rotatable bonds is 8. The second-order valence-electron chi connectivity index (χ2n) is 8.77. The summed E-state index contributed by atoms with van der Waals surface area (Å²) in [5.41, 5.74) is 2.53. The fourth-order valence-corrected chi connectivity index (χ4v) is 4.83. The number of benzene rings is 2. The number of carbonyl (C=O) groups excluding carboxylic acids is 2. The van der Waals surface area contributed by atoms with Gasteiger partial charge in [0, 0.05) is 36.1 Å². The number of likely N-dealkylation sites (N-methyl/N-ethyl adjacent to an activating group) is 1. The molecule has 1 N–H and O–H groups in total. The van der Waals surface area contributed by atoms with Gasteiger partial charge in [-0.15, -0.1) is 0 Å². The molecular formula is C26H31BrN4O2. The molecule has 7 heteroatoms. The van der Waals surface area contributed by atoms with Gasteiger partial charge in [-0.1, -0.05) is 47.3 Å². The average Bonchev–Trinajstić information content (AvgIpc) is 3.19. The quantitative estimate of drug-likeness (QED) is 0.435. The zero-order valence-electron chi connectivity index (χ0n) is 19.1. The fourth-order valence-electron chi connectivity index (χ4n) is 4.56. The highest BCUT2D eigenvalue weighted by Gasteiger charge is 2.23. The van der Waals surface area contributed by atoms with E-state index in [1.165, 1.54) is 19.3 Å². The maximum Gasteiger partial charge on any atom is 0.251 e. The second kappa shape index (κ2) is 11.0. The molecule has 0 spiro atoms. The number of imidazole rings is 1. The number of carbonyl (C=O) groups is 2. The zero-order valence-corrected chi connectivity index (χ0v) is 20.7. The minimum absolute atomic E-state index is 0.0831. The first-order chi connectivity index (χ1) is 16.0. The van der Waals surface area contributed by atoms with Crippen LogP contribution in [0.15, 0.2) is 53.0 Å². The minimum atomic E-state index is -0.0831. The van der Waals surface area contributed by atoms with Crippen molar-refractivity contribution in [2.75, 3.05) is 13.6 Å². The molecule has 1 aliphatic carbocycles. The van der Waals surface area contributed by atoms with E-state index in [0.29, 0.717) is 31.1 Å². The van der Waals surface area contributed by atoms with Crippen LogP contribution < -0.4 is 5.32 Å². The molecule has 0 unspecified atom stereocenters. The largest absolute Gasteiger partial charge is 0.352 e. The third-order valence-corrected chi connectivity index (χ3v) is 7.04. The Kier molecular flexibility index (Phi) is 7.81. The number of halogens is 1. The molecule has 174 valence electrons. The van der Waals surface area contributed by atoms with Crippen LogP contribution in [0.4, 0.5) is 0 Å². The molecule has 2 aromatic carbocycles. The topological polar surface area (TPSA) is 67.2 Å². The molecule has 0 radical (unpaired) electrons. The van der Waals surface area contributed by atoms with Crippen molar-refractivity contribution in [2.45, 2.75) is 57.5 Å². The first-order valence-corrected chi connectivity index (χ1v) is 12.6. The molecule has 1 saturated carbocycles. The lowest BCUT2D eigenvalue weighted by atomic mass is 9.94. The van der Waals surface area contributed by atoms with Crippen molar-refractivity contribution in [3.8, 4) is 0 Å². The monoisotopic (exact) mass is 510 g/mol. The Morgan fingerprint density at radius 1 is 1.09 bits per heavy atom. The number of amides is 2. The SMILES string of the molecule is CN(C(=O)Cn1c(CCCNC(=O)c2ccc(Br)cc2)nc2ccccc21)C1CCCCC1. The predicted molar refractivity (Wildman–Crippen MR) is 134 cm³/mol. The van der Waals surface area contributed by atoms with Crippen LogP contribution in [0.1, 0.15) is 54.7 Å². The van der Waals surface area contributed by atoms with Gasteiger partial charge in [-0.05, 0) is 55.7 Å². The lowest BCUT2D eigenvalue weighted by molar-refractivity contribution is -0.133. The maximum absolute atomic E-state index is 13.1. The van der Waals surface area contributed by atoms with E-state index < -0.39 is 0 Å². The molecule has 1 aliphatic rings. The molecule has 0 saturated heterocycles. The normalized spacial score (nSPS) is 14.4. The van der Waals surface area contributed by atoms with Crippen LogP contribution >= 0.6 is 15.9 Å². The summed E-state index contributed by atoms with van der Waals surface area (Å²) in [6.07, 6.45) is 7.30. The predicted octanol–water partition coefficient (Wildman–Crippen LogP) is 4.95. The van der Waals surface area contributed by atoms with E-state index in [1.807, 2.05) is 52.9 Å². The Hall–Kier alpha value is -2.67. The van der Waals surface area contributed by atoms with Crippen molar-refractivity contribution in [1.29, 1.82) is 0 Å². The standard InChI is InChI=1S/C26H31BrN4O2/c1-30(21-8-3-2-4-9-21)25(32)18-31-23-11-6-5-10-22(23)29-24(31)12-7-17-28-26(33)19-13-15-20(27)16-14-19/h5-6,10-11,13-16,21H,2-4,7-9,12,17-18H2,1H3,(H,28,33). The van der Waals surface area contributed by atoms with Crippen LogP contribution in [0.5, 0.6) is 0 Å². The average molecular weight is 511 g/mol. The van der Waals surface area contributed by atoms with E-state index in [4.69, 9.17) is 4.98 Å². The van der Waals surface area contributed by atoms with E-state index in [2.05, 4.69) is 21.2 Å². The number of nitrogens with one attached hydrogen (secondary N) is 1. The number of nitrogens with zero attached hydrogens (tertiary/aromatic N) is 3. The molecule has 1 heterocycles. The summed E-state index contributed by atoms with van der Waals surface area (Å²) in [5.74, 6) is 0.939. The van der Waals surface area contributed by atoms with Gasteiger partial charge in [-0.25, -0.2) is 4.98 Å². The first-order valence-electron chi connectivity index (χ1n) is 11.8. The third-order valence-electron chi connectivity index (χ3n) is 6.51. The highest BCUT2D eigenvalue weighted by molar-refractivity contribution is 9.10. The van der Waals surface area contributed by atoms with Crippen molar-refractivity contribution in [3.05, 3.63) is 64.4 Å². The van der Waals surface area contributed by atoms with E-state index in [0.717, 1.165) is 40.6 Å². The van der Waals surface area contributed by atoms with Crippen LogP contribution in [-0.4, -0.2) is 45.9 Å². The maximum atomic E-state index is 13.1. The molecule has 0 bridgehead atoms. The van der Waals surface area contributed by atoms with Gasteiger partial charge in [0.25, 0.3) is 5.91 Å². The van der Waals surface area contributed by atoms with Crippen molar-refractivity contribution < 1.29 is 9.59 Å². The summed E-state index contributed by atoms with van der Waals surface area (Å²) in [6.45, 7) is 0.849. The summed E-state index contributed by atoms with van der Waals surface area (Å²) in [6, 6.07) is 15.6. The van der Waals surface area contributed by atoms with Crippen LogP contribution in [0.2, 0.25) is 0 Å². The van der Waals surface area contributed by atoms with E-state index in [-0.39, 0.29) is 11.8 Å². The zero-order chi connectivity index (χ0) is 23.2. The Labute approximate surface area is 203 Å². The van der Waals surface area contributed by atoms with Crippen LogP contribution in [0.25, 0.3) is 11.0 Å². The molecule has 6 nitrogen and oxygen atoms in total. The van der Waals surface area contributed by atoms with Gasteiger partial charge in [0.05, 0.1) is 11.0 Å². The third kappa shape index (κ3) is 5.82. The number of hydrogen-bond acceptors (Lipinski definition) is 3. The fraction of sp³-hybridized carbons (Fsp3) is 0.423. The van der Waals surface area contributed by atoms with E-state index >= 15 is 0 Å². The van der Waals surface area contributed by atoms with Crippen molar-refractivity contribution in [2.24, 2.45) is 0 Å². The Balaban J connectivity index is 1.40. The molecule has 4 rings (SSSR count). The summed E-state index contributed by atoms with van der Waals surface area (Å²) < 4.78 is 3.00. The summed E-state index contributed by atoms with van der Waals surface area (Å²) >= 11 is 3.39. The molecule has 3 aromatic rings. The Morgan fingerprint density at radius 2 is 1.82 bits per heavy atom. The molecule has 1 fully saturated rings. The molecule has 0 atom stereocenters. The smallest absolute Gasteiger partial charge is 0.251 e. The lowest BCUT2D eigenvalue weighted by Gasteiger charge is -2.31. The van der Waals surface area contributed by atoms with Crippen molar-refractivity contribution >= 4 is 38.8 Å². The van der Waals surface area contributed by atoms with Crippen LogP contribution in [0.3, 0.4) is 0 Å². The van der Waals surface area contributed by atoms with E-state index in [9.17, 15) is 9.59 Å². The van der Waals surface area contributed by atoms with Crippen molar-refractivity contribution in [3.63, 3.8) is 0 Å². The van der Waals surface area contributed by atoms with Crippen molar-refractivity contribution in [1.82, 2.24) is 19.8 Å². The second-order valence-corrected chi connectivity index (χ2v) is 9.68. The van der Waals surface area contributed by atoms with Gasteiger partial charge in [-0.3, -0.25) is 9.59 Å². The Morgan fingerprint density at radius 3 is 2.58 bits per heavy atom. The molecule has 33 heavy (non-hydrogen) atoms. The summed E-state index contributed by atoms with van der Waals surface area (Å²) in [7, 11) is 1.94. The van der Waals surface area contributed by atoms with E-state index in [1.54, 1.807) is 12.1 Å². The van der Waals surface area contributed by atoms with Gasteiger partial charge in [-0.2, -0.15) is 0 Å². The minimum Gasteiger partial charge on any atom is -0.352 e. The summed E-state index contributed by atoms with van der Waals surface area (Å²) in [5, 5.41) is 2.98. The van der Waals surface area contributed by atoms with Gasteiger partial charge in [0.15, 0.2) is 0 Å². The highest BCUT2D eigenvalue weighted by Crippen LogP contribution is 2.23. The molecule has 2 amide bonds. The first kappa shape index (κ1) is 23.5. The molecule has 0 aliphatic heterocycles. The highest BCUT2D eigenvalue weighted by atomic mass is 79.9. The number of aromatic nitrogens is 2. The number of para-hydroxylation sites is 2. The van der Waals surface area contributed by atoms with Crippen LogP contribution in [0, 0.1) is 0 Å². The van der Waals surface area contributed by atoms with Gasteiger partial charge in [0.1, 0.15) is 12.4 Å². The molecule has 1 aromatic heterocycles.